The summed E-state index contributed by atoms with van der Waals surface area (Å²) in [5.74, 6) is 0.681. The number of nitrogens with one attached hydrogen (secondary N) is 1. The summed E-state index contributed by atoms with van der Waals surface area (Å²) in [6, 6.07) is 1.71. The van der Waals surface area contributed by atoms with E-state index < -0.39 is 0 Å². The van der Waals surface area contributed by atoms with Crippen molar-refractivity contribution in [1.29, 1.82) is 0 Å². The molecule has 7 heteroatoms. The SMILES string of the molecule is Cn1nccc1C(=O)NC1CCc2onc(CO)c2C1. The maximum atomic E-state index is 12.1. The smallest absolute Gasteiger partial charge is 0.269 e. The molecule has 1 atom stereocenters. The van der Waals surface area contributed by atoms with Crippen molar-refractivity contribution >= 4 is 5.91 Å². The van der Waals surface area contributed by atoms with E-state index in [9.17, 15) is 9.90 Å². The fourth-order valence-corrected chi connectivity index (χ4v) is 2.57. The molecule has 20 heavy (non-hydrogen) atoms. The summed E-state index contributed by atoms with van der Waals surface area (Å²) in [4.78, 5) is 12.1. The Hall–Kier alpha value is -2.15. The van der Waals surface area contributed by atoms with E-state index in [2.05, 4.69) is 15.6 Å². The van der Waals surface area contributed by atoms with Gasteiger partial charge >= 0.3 is 0 Å². The standard InChI is InChI=1S/C13H16N4O3/c1-17-11(4-5-14-17)13(19)15-8-2-3-12-9(6-8)10(7-18)16-20-12/h4-5,8,18H,2-3,6-7H2,1H3,(H,15,19). The molecule has 2 N–H and O–H groups in total. The highest BCUT2D eigenvalue weighted by atomic mass is 16.5. The number of aryl methyl sites for hydroxylation is 2. The molecule has 106 valence electrons. The minimum atomic E-state index is -0.138. The van der Waals surface area contributed by atoms with Crippen molar-refractivity contribution in [2.24, 2.45) is 7.05 Å². The van der Waals surface area contributed by atoms with Gasteiger partial charge in [-0.3, -0.25) is 9.48 Å². The molecule has 0 bridgehead atoms. The zero-order chi connectivity index (χ0) is 14.1. The van der Waals surface area contributed by atoms with Crippen LogP contribution in [0.4, 0.5) is 0 Å². The van der Waals surface area contributed by atoms with E-state index >= 15 is 0 Å². The topological polar surface area (TPSA) is 93.2 Å². The number of fused-ring (bicyclic) bond motifs is 1. The first-order valence-corrected chi connectivity index (χ1v) is 6.55. The Balaban J connectivity index is 1.71. The zero-order valence-corrected chi connectivity index (χ0v) is 11.2. The Morgan fingerprint density at radius 2 is 2.50 bits per heavy atom. The highest BCUT2D eigenvalue weighted by molar-refractivity contribution is 5.92. The molecular formula is C13H16N4O3. The average molecular weight is 276 g/mol. The maximum Gasteiger partial charge on any atom is 0.269 e. The Morgan fingerprint density at radius 3 is 3.20 bits per heavy atom. The third-order valence-electron chi connectivity index (χ3n) is 3.66. The molecule has 2 aromatic rings. The fourth-order valence-electron chi connectivity index (χ4n) is 2.57. The van der Waals surface area contributed by atoms with E-state index in [1.165, 1.54) is 0 Å². The molecule has 0 aliphatic heterocycles. The third kappa shape index (κ3) is 2.20. The van der Waals surface area contributed by atoms with Crippen molar-refractivity contribution in [3.8, 4) is 0 Å². The van der Waals surface area contributed by atoms with Gasteiger partial charge in [0.25, 0.3) is 5.91 Å². The second kappa shape index (κ2) is 5.09. The average Bonchev–Trinajstić information content (AvgIpc) is 3.04. The first-order valence-electron chi connectivity index (χ1n) is 6.55. The molecule has 2 aromatic heterocycles. The van der Waals surface area contributed by atoms with Gasteiger partial charge in [-0.05, 0) is 18.9 Å². The van der Waals surface area contributed by atoms with Gasteiger partial charge in [-0.1, -0.05) is 5.16 Å². The molecule has 0 aromatic carbocycles. The van der Waals surface area contributed by atoms with E-state index in [-0.39, 0.29) is 18.6 Å². The summed E-state index contributed by atoms with van der Waals surface area (Å²) >= 11 is 0. The molecule has 1 unspecified atom stereocenters. The monoisotopic (exact) mass is 276 g/mol. The Kier molecular flexibility index (Phi) is 3.27. The van der Waals surface area contributed by atoms with Crippen LogP contribution in [-0.4, -0.2) is 32.0 Å². The first kappa shape index (κ1) is 12.9. The molecule has 0 saturated carbocycles. The predicted molar refractivity (Wildman–Crippen MR) is 68.9 cm³/mol. The summed E-state index contributed by atoms with van der Waals surface area (Å²) in [5, 5.41) is 20.0. The molecule has 0 fully saturated rings. The number of aromatic nitrogens is 3. The highest BCUT2D eigenvalue weighted by Crippen LogP contribution is 2.24. The number of carbonyl (C=O) groups is 1. The lowest BCUT2D eigenvalue weighted by Gasteiger charge is -2.22. The molecular weight excluding hydrogens is 260 g/mol. The van der Waals surface area contributed by atoms with Crippen LogP contribution in [0.15, 0.2) is 16.8 Å². The van der Waals surface area contributed by atoms with E-state index in [1.807, 2.05) is 0 Å². The molecule has 7 nitrogen and oxygen atoms in total. The highest BCUT2D eigenvalue weighted by Gasteiger charge is 2.27. The Bertz CT molecular complexity index is 618. The van der Waals surface area contributed by atoms with Gasteiger partial charge in [0, 0.05) is 31.3 Å². The van der Waals surface area contributed by atoms with E-state index in [0.29, 0.717) is 17.8 Å². The van der Waals surface area contributed by atoms with Crippen LogP contribution in [0.25, 0.3) is 0 Å². The van der Waals surface area contributed by atoms with Crippen molar-refractivity contribution in [3.05, 3.63) is 35.0 Å². The summed E-state index contributed by atoms with van der Waals surface area (Å²) in [6.07, 6.45) is 3.76. The Morgan fingerprint density at radius 1 is 1.65 bits per heavy atom. The van der Waals surface area contributed by atoms with Gasteiger partial charge in [0.2, 0.25) is 0 Å². The van der Waals surface area contributed by atoms with Crippen molar-refractivity contribution in [3.63, 3.8) is 0 Å². The van der Waals surface area contributed by atoms with E-state index in [0.717, 1.165) is 24.2 Å². The molecule has 2 heterocycles. The molecule has 0 radical (unpaired) electrons. The van der Waals surface area contributed by atoms with E-state index in [4.69, 9.17) is 4.52 Å². The van der Waals surface area contributed by atoms with Crippen LogP contribution < -0.4 is 5.32 Å². The number of hydrogen-bond acceptors (Lipinski definition) is 5. The number of amides is 1. The quantitative estimate of drug-likeness (QED) is 0.834. The van der Waals surface area contributed by atoms with Crippen molar-refractivity contribution in [1.82, 2.24) is 20.3 Å². The molecule has 3 rings (SSSR count). The second-order valence-corrected chi connectivity index (χ2v) is 4.94. The third-order valence-corrected chi connectivity index (χ3v) is 3.66. The zero-order valence-electron chi connectivity index (χ0n) is 11.2. The Labute approximate surface area is 115 Å². The molecule has 1 amide bonds. The lowest BCUT2D eigenvalue weighted by atomic mass is 9.92. The van der Waals surface area contributed by atoms with Gasteiger partial charge in [0.15, 0.2) is 0 Å². The number of nitrogens with zero attached hydrogens (tertiary/aromatic N) is 3. The van der Waals surface area contributed by atoms with Crippen LogP contribution in [0.1, 0.15) is 33.9 Å². The number of aliphatic hydroxyl groups excluding tert-OH is 1. The van der Waals surface area contributed by atoms with Gasteiger partial charge < -0.3 is 14.9 Å². The fraction of sp³-hybridized carbons (Fsp3) is 0.462. The molecule has 1 aliphatic carbocycles. The van der Waals surface area contributed by atoms with Crippen molar-refractivity contribution in [2.75, 3.05) is 0 Å². The van der Waals surface area contributed by atoms with Gasteiger partial charge in [-0.15, -0.1) is 0 Å². The van der Waals surface area contributed by atoms with Crippen molar-refractivity contribution < 1.29 is 14.4 Å². The van der Waals surface area contributed by atoms with Crippen molar-refractivity contribution in [2.45, 2.75) is 31.9 Å². The van der Waals surface area contributed by atoms with Crippen LogP contribution in [0.2, 0.25) is 0 Å². The number of rotatable bonds is 3. The van der Waals surface area contributed by atoms with Gasteiger partial charge in [-0.25, -0.2) is 0 Å². The number of hydrogen-bond donors (Lipinski definition) is 2. The summed E-state index contributed by atoms with van der Waals surface area (Å²) in [5.41, 5.74) is 2.03. The summed E-state index contributed by atoms with van der Waals surface area (Å²) in [6.45, 7) is -0.138. The number of aliphatic hydroxyl groups is 1. The second-order valence-electron chi connectivity index (χ2n) is 4.94. The van der Waals surface area contributed by atoms with Crippen LogP contribution in [0.5, 0.6) is 0 Å². The molecule has 0 spiro atoms. The summed E-state index contributed by atoms with van der Waals surface area (Å²) in [7, 11) is 1.73. The maximum absolute atomic E-state index is 12.1. The lowest BCUT2D eigenvalue weighted by Crippen LogP contribution is -2.39. The normalized spacial score (nSPS) is 17.8. The largest absolute Gasteiger partial charge is 0.390 e. The summed E-state index contributed by atoms with van der Waals surface area (Å²) < 4.78 is 6.73. The molecule has 0 saturated heterocycles. The first-order chi connectivity index (χ1) is 9.69. The van der Waals surface area contributed by atoms with Crippen LogP contribution in [0, 0.1) is 0 Å². The van der Waals surface area contributed by atoms with Gasteiger partial charge in [0.1, 0.15) is 17.1 Å². The van der Waals surface area contributed by atoms with Gasteiger partial charge in [-0.2, -0.15) is 5.10 Å². The van der Waals surface area contributed by atoms with Crippen LogP contribution in [-0.2, 0) is 26.5 Å². The minimum Gasteiger partial charge on any atom is -0.390 e. The predicted octanol–water partition coefficient (Wildman–Crippen LogP) is 0.188. The van der Waals surface area contributed by atoms with Crippen LogP contribution >= 0.6 is 0 Å². The van der Waals surface area contributed by atoms with Crippen LogP contribution in [0.3, 0.4) is 0 Å². The molecule has 1 aliphatic rings. The van der Waals surface area contributed by atoms with E-state index in [1.54, 1.807) is 24.0 Å². The number of carbonyl (C=O) groups excluding carboxylic acids is 1. The van der Waals surface area contributed by atoms with Gasteiger partial charge in [0.05, 0.1) is 6.61 Å². The minimum absolute atomic E-state index is 0.0228. The lowest BCUT2D eigenvalue weighted by molar-refractivity contribution is 0.0923.